The van der Waals surface area contributed by atoms with Crippen molar-refractivity contribution < 1.29 is 4.79 Å². The lowest BCUT2D eigenvalue weighted by molar-refractivity contribution is -0.121. The number of fused-ring (bicyclic) bond motifs is 1. The Kier molecular flexibility index (Phi) is 5.19. The van der Waals surface area contributed by atoms with Gasteiger partial charge in [-0.15, -0.1) is 0 Å². The first-order valence-electron chi connectivity index (χ1n) is 8.16. The molecule has 0 aliphatic carbocycles. The van der Waals surface area contributed by atoms with Crippen molar-refractivity contribution in [2.45, 2.75) is 25.8 Å². The zero-order chi connectivity index (χ0) is 17.8. The van der Waals surface area contributed by atoms with Crippen LogP contribution in [0.2, 0.25) is 5.02 Å². The number of nitrogens with one attached hydrogen (secondary N) is 2. The maximum atomic E-state index is 12.3. The number of carbonyl (C=O) groups excluding carboxylic acids is 1. The number of H-pyrrole nitrogens is 1. The second-order valence-electron chi connectivity index (χ2n) is 6.19. The van der Waals surface area contributed by atoms with E-state index in [0.29, 0.717) is 17.0 Å². The van der Waals surface area contributed by atoms with Gasteiger partial charge in [-0.1, -0.05) is 41.9 Å². The summed E-state index contributed by atoms with van der Waals surface area (Å²) >= 11 is 5.88. The highest BCUT2D eigenvalue weighted by molar-refractivity contribution is 6.30. The average Bonchev–Trinajstić information content (AvgIpc) is 2.57. The van der Waals surface area contributed by atoms with Crippen LogP contribution < -0.4 is 10.9 Å². The number of amides is 1. The average molecular weight is 355 g/mol. The third-order valence-electron chi connectivity index (χ3n) is 4.04. The van der Waals surface area contributed by atoms with Crippen molar-refractivity contribution in [1.29, 1.82) is 0 Å². The van der Waals surface area contributed by atoms with E-state index < -0.39 is 0 Å². The van der Waals surface area contributed by atoms with Crippen molar-refractivity contribution in [3.63, 3.8) is 0 Å². The molecule has 1 aromatic heterocycles. The largest absolute Gasteiger partial charge is 0.353 e. The zero-order valence-corrected chi connectivity index (χ0v) is 14.6. The monoisotopic (exact) mass is 354 g/mol. The van der Waals surface area contributed by atoms with Crippen LogP contribution in [0.15, 0.2) is 59.4 Å². The first kappa shape index (κ1) is 17.2. The Morgan fingerprint density at radius 3 is 2.64 bits per heavy atom. The number of rotatable bonds is 5. The molecule has 5 heteroatoms. The second kappa shape index (κ2) is 7.53. The van der Waals surface area contributed by atoms with E-state index in [1.807, 2.05) is 55.5 Å². The molecular weight excluding hydrogens is 336 g/mol. The standard InChI is InChI=1S/C20H19ClN2O2/c1-13(10-14-6-8-17(21)9-7-14)22-19(24)12-16-11-15-4-2-3-5-18(15)23-20(16)25/h2-9,11,13H,10,12H2,1H3,(H,22,24)(H,23,25). The number of hydrogen-bond donors (Lipinski definition) is 2. The van der Waals surface area contributed by atoms with Gasteiger partial charge in [-0.05, 0) is 48.6 Å². The van der Waals surface area contributed by atoms with E-state index in [2.05, 4.69) is 10.3 Å². The molecule has 0 saturated carbocycles. The molecule has 0 spiro atoms. The Labute approximate surface area is 150 Å². The number of pyridine rings is 1. The maximum absolute atomic E-state index is 12.3. The van der Waals surface area contributed by atoms with Gasteiger partial charge in [0, 0.05) is 22.1 Å². The van der Waals surface area contributed by atoms with Crippen molar-refractivity contribution >= 4 is 28.4 Å². The molecule has 0 bridgehead atoms. The van der Waals surface area contributed by atoms with Gasteiger partial charge in [0.25, 0.3) is 5.56 Å². The fourth-order valence-corrected chi connectivity index (χ4v) is 2.97. The number of benzene rings is 2. The van der Waals surface area contributed by atoms with Gasteiger partial charge in [-0.2, -0.15) is 0 Å². The predicted octanol–water partition coefficient (Wildman–Crippen LogP) is 3.47. The SMILES string of the molecule is CC(Cc1ccc(Cl)cc1)NC(=O)Cc1cc2ccccc2[nH]c1=O. The third kappa shape index (κ3) is 4.48. The second-order valence-corrected chi connectivity index (χ2v) is 6.62. The molecule has 1 atom stereocenters. The molecular formula is C20H19ClN2O2. The molecule has 0 aliphatic rings. The van der Waals surface area contributed by atoms with E-state index in [4.69, 9.17) is 11.6 Å². The quantitative estimate of drug-likeness (QED) is 0.737. The molecule has 0 aliphatic heterocycles. The zero-order valence-electron chi connectivity index (χ0n) is 13.9. The Hall–Kier alpha value is -2.59. The molecule has 0 fully saturated rings. The molecule has 0 radical (unpaired) electrons. The minimum absolute atomic E-state index is 0.0341. The van der Waals surface area contributed by atoms with Crippen LogP contribution in [0.25, 0.3) is 10.9 Å². The predicted molar refractivity (Wildman–Crippen MR) is 101 cm³/mol. The summed E-state index contributed by atoms with van der Waals surface area (Å²) in [7, 11) is 0. The first-order valence-corrected chi connectivity index (χ1v) is 8.54. The van der Waals surface area contributed by atoms with Crippen molar-refractivity contribution in [3.05, 3.63) is 81.1 Å². The number of carbonyl (C=O) groups is 1. The molecule has 2 aromatic carbocycles. The van der Waals surface area contributed by atoms with E-state index in [9.17, 15) is 9.59 Å². The van der Waals surface area contributed by atoms with Crippen molar-refractivity contribution in [2.24, 2.45) is 0 Å². The van der Waals surface area contributed by atoms with E-state index >= 15 is 0 Å². The number of para-hydroxylation sites is 1. The van der Waals surface area contributed by atoms with E-state index in [-0.39, 0.29) is 23.9 Å². The van der Waals surface area contributed by atoms with Crippen LogP contribution >= 0.6 is 11.6 Å². The van der Waals surface area contributed by atoms with Crippen LogP contribution in [-0.4, -0.2) is 16.9 Å². The molecule has 3 rings (SSSR count). The van der Waals surface area contributed by atoms with Gasteiger partial charge in [-0.3, -0.25) is 9.59 Å². The Bertz CT molecular complexity index is 948. The lowest BCUT2D eigenvalue weighted by Gasteiger charge is -2.14. The number of halogens is 1. The fourth-order valence-electron chi connectivity index (χ4n) is 2.85. The topological polar surface area (TPSA) is 62.0 Å². The minimum atomic E-state index is -0.223. The highest BCUT2D eigenvalue weighted by Crippen LogP contribution is 2.12. The summed E-state index contributed by atoms with van der Waals surface area (Å²) < 4.78 is 0. The number of hydrogen-bond acceptors (Lipinski definition) is 2. The molecule has 0 saturated heterocycles. The highest BCUT2D eigenvalue weighted by atomic mass is 35.5. The molecule has 4 nitrogen and oxygen atoms in total. The van der Waals surface area contributed by atoms with Crippen LogP contribution in [-0.2, 0) is 17.6 Å². The molecule has 1 heterocycles. The van der Waals surface area contributed by atoms with Crippen LogP contribution in [0, 0.1) is 0 Å². The van der Waals surface area contributed by atoms with Gasteiger partial charge in [0.15, 0.2) is 0 Å². The fraction of sp³-hybridized carbons (Fsp3) is 0.200. The van der Waals surface area contributed by atoms with E-state index in [0.717, 1.165) is 16.5 Å². The summed E-state index contributed by atoms with van der Waals surface area (Å²) in [5, 5.41) is 4.55. The van der Waals surface area contributed by atoms with Crippen molar-refractivity contribution in [1.82, 2.24) is 10.3 Å². The van der Waals surface area contributed by atoms with Gasteiger partial charge < -0.3 is 10.3 Å². The van der Waals surface area contributed by atoms with Gasteiger partial charge in [-0.25, -0.2) is 0 Å². The Morgan fingerprint density at radius 2 is 1.88 bits per heavy atom. The van der Waals surface area contributed by atoms with Gasteiger partial charge in [0.05, 0.1) is 6.42 Å². The summed E-state index contributed by atoms with van der Waals surface area (Å²) in [6.45, 7) is 1.94. The van der Waals surface area contributed by atoms with Crippen molar-refractivity contribution in [2.75, 3.05) is 0 Å². The summed E-state index contributed by atoms with van der Waals surface area (Å²) in [5.74, 6) is -0.165. The van der Waals surface area contributed by atoms with Gasteiger partial charge >= 0.3 is 0 Å². The lowest BCUT2D eigenvalue weighted by Crippen LogP contribution is -2.36. The summed E-state index contributed by atoms with van der Waals surface area (Å²) in [6.07, 6.45) is 0.766. The van der Waals surface area contributed by atoms with Crippen LogP contribution in [0.5, 0.6) is 0 Å². The van der Waals surface area contributed by atoms with Crippen LogP contribution in [0.1, 0.15) is 18.1 Å². The maximum Gasteiger partial charge on any atom is 0.252 e. The number of aromatic amines is 1. The van der Waals surface area contributed by atoms with Crippen LogP contribution in [0.3, 0.4) is 0 Å². The first-order chi connectivity index (χ1) is 12.0. The number of aromatic nitrogens is 1. The minimum Gasteiger partial charge on any atom is -0.353 e. The molecule has 3 aromatic rings. The van der Waals surface area contributed by atoms with E-state index in [1.165, 1.54) is 0 Å². The van der Waals surface area contributed by atoms with Crippen molar-refractivity contribution in [3.8, 4) is 0 Å². The summed E-state index contributed by atoms with van der Waals surface area (Å²) in [4.78, 5) is 27.2. The van der Waals surface area contributed by atoms with Crippen LogP contribution in [0.4, 0.5) is 0 Å². The molecule has 2 N–H and O–H groups in total. The normalized spacial score (nSPS) is 12.1. The molecule has 1 amide bonds. The molecule has 25 heavy (non-hydrogen) atoms. The summed E-state index contributed by atoms with van der Waals surface area (Å²) in [5.41, 5.74) is 2.11. The van der Waals surface area contributed by atoms with Gasteiger partial charge in [0.1, 0.15) is 0 Å². The Balaban J connectivity index is 1.65. The Morgan fingerprint density at radius 1 is 1.16 bits per heavy atom. The molecule has 1 unspecified atom stereocenters. The van der Waals surface area contributed by atoms with E-state index in [1.54, 1.807) is 6.07 Å². The third-order valence-corrected chi connectivity index (χ3v) is 4.30. The molecule has 128 valence electrons. The highest BCUT2D eigenvalue weighted by Gasteiger charge is 2.12. The lowest BCUT2D eigenvalue weighted by atomic mass is 10.1. The van der Waals surface area contributed by atoms with Gasteiger partial charge in [0.2, 0.25) is 5.91 Å². The smallest absolute Gasteiger partial charge is 0.252 e. The summed E-state index contributed by atoms with van der Waals surface area (Å²) in [6, 6.07) is 16.8.